The molecule has 0 saturated heterocycles. The fourth-order valence-corrected chi connectivity index (χ4v) is 2.28. The average molecular weight is 339 g/mol. The first-order valence-corrected chi connectivity index (χ1v) is 7.77. The van der Waals surface area contributed by atoms with Crippen LogP contribution in [0.2, 0.25) is 0 Å². The number of nitrogens with one attached hydrogen (secondary N) is 1. The number of anilines is 1. The molecule has 0 radical (unpaired) electrons. The number of hydrogen-bond donors (Lipinski definition) is 1. The molecular weight excluding hydrogens is 318 g/mol. The molecule has 2 aromatic rings. The van der Waals surface area contributed by atoms with Gasteiger partial charge in [-0.15, -0.1) is 0 Å². The number of ketones is 1. The summed E-state index contributed by atoms with van der Waals surface area (Å²) in [6.45, 7) is 3.24. The normalized spacial score (nSPS) is 11.0. The Labute approximate surface area is 147 Å². The highest BCUT2D eigenvalue weighted by Crippen LogP contribution is 2.28. The Bertz CT molecular complexity index is 807. The van der Waals surface area contributed by atoms with Crippen molar-refractivity contribution in [2.75, 3.05) is 19.5 Å². The Balaban J connectivity index is 2.13. The highest BCUT2D eigenvalue weighted by molar-refractivity contribution is 6.06. The lowest BCUT2D eigenvalue weighted by Crippen LogP contribution is -2.12. The molecule has 130 valence electrons. The van der Waals surface area contributed by atoms with Crippen molar-refractivity contribution < 1.29 is 19.1 Å². The Hall–Kier alpha value is -3.08. The Kier molecular flexibility index (Phi) is 5.95. The minimum absolute atomic E-state index is 0.0117. The van der Waals surface area contributed by atoms with E-state index in [0.717, 1.165) is 5.56 Å². The fraction of sp³-hybridized carbons (Fsp3) is 0.200. The molecule has 0 aliphatic heterocycles. The van der Waals surface area contributed by atoms with Crippen LogP contribution >= 0.6 is 0 Å². The third-order valence-corrected chi connectivity index (χ3v) is 3.70. The zero-order chi connectivity index (χ0) is 18.4. The van der Waals surface area contributed by atoms with E-state index in [1.54, 1.807) is 63.6 Å². The number of Topliss-reactive ketones (excluding diaryl/α,β-unsaturated/α-hetero) is 1. The van der Waals surface area contributed by atoms with E-state index >= 15 is 0 Å². The van der Waals surface area contributed by atoms with E-state index in [2.05, 4.69) is 5.32 Å². The van der Waals surface area contributed by atoms with Crippen LogP contribution in [-0.4, -0.2) is 25.9 Å². The molecule has 5 nitrogen and oxygen atoms in total. The third-order valence-electron chi connectivity index (χ3n) is 3.70. The Morgan fingerprint density at radius 1 is 0.920 bits per heavy atom. The zero-order valence-corrected chi connectivity index (χ0v) is 14.8. The van der Waals surface area contributed by atoms with Gasteiger partial charge in [0.1, 0.15) is 0 Å². The number of amides is 1. The molecule has 0 heterocycles. The molecule has 0 bridgehead atoms. The van der Waals surface area contributed by atoms with Crippen LogP contribution in [0.3, 0.4) is 0 Å². The van der Waals surface area contributed by atoms with Crippen molar-refractivity contribution >= 4 is 23.5 Å². The molecule has 1 amide bonds. The van der Waals surface area contributed by atoms with Crippen molar-refractivity contribution in [1.29, 1.82) is 0 Å². The van der Waals surface area contributed by atoms with Crippen LogP contribution in [0.1, 0.15) is 29.8 Å². The van der Waals surface area contributed by atoms with Gasteiger partial charge in [-0.25, -0.2) is 0 Å². The number of ether oxygens (including phenoxy) is 2. The van der Waals surface area contributed by atoms with Crippen LogP contribution in [0.5, 0.6) is 11.5 Å². The SMILES string of the molecule is COc1ccc(/C=C(\C)C(=O)Nc2ccc(C(C)=O)cc2)cc1OC. The molecule has 0 atom stereocenters. The van der Waals surface area contributed by atoms with Gasteiger partial charge < -0.3 is 14.8 Å². The van der Waals surface area contributed by atoms with E-state index in [1.165, 1.54) is 6.92 Å². The first-order chi connectivity index (χ1) is 11.9. The molecule has 0 fully saturated rings. The quantitative estimate of drug-likeness (QED) is 0.639. The standard InChI is InChI=1S/C20H21NO4/c1-13(11-15-5-10-18(24-3)19(12-15)25-4)20(23)21-17-8-6-16(7-9-17)14(2)22/h5-12H,1-4H3,(H,21,23)/b13-11+. The summed E-state index contributed by atoms with van der Waals surface area (Å²) in [5.74, 6) is 1.00. The maximum absolute atomic E-state index is 12.3. The second-order valence-corrected chi connectivity index (χ2v) is 5.53. The van der Waals surface area contributed by atoms with Gasteiger partial charge >= 0.3 is 0 Å². The Morgan fingerprint density at radius 2 is 1.56 bits per heavy atom. The second kappa shape index (κ2) is 8.15. The topological polar surface area (TPSA) is 64.6 Å². The first-order valence-electron chi connectivity index (χ1n) is 7.77. The predicted octanol–water partition coefficient (Wildman–Crippen LogP) is 3.95. The van der Waals surface area contributed by atoms with Crippen molar-refractivity contribution in [2.45, 2.75) is 13.8 Å². The van der Waals surface area contributed by atoms with Gasteiger partial charge in [-0.3, -0.25) is 9.59 Å². The zero-order valence-electron chi connectivity index (χ0n) is 14.8. The molecule has 25 heavy (non-hydrogen) atoms. The lowest BCUT2D eigenvalue weighted by atomic mass is 10.1. The van der Waals surface area contributed by atoms with Crippen molar-refractivity contribution in [3.8, 4) is 11.5 Å². The number of methoxy groups -OCH3 is 2. The van der Waals surface area contributed by atoms with E-state index in [4.69, 9.17) is 9.47 Å². The summed E-state index contributed by atoms with van der Waals surface area (Å²) < 4.78 is 10.5. The van der Waals surface area contributed by atoms with E-state index in [-0.39, 0.29) is 11.7 Å². The number of benzene rings is 2. The van der Waals surface area contributed by atoms with E-state index in [9.17, 15) is 9.59 Å². The van der Waals surface area contributed by atoms with Crippen molar-refractivity contribution in [1.82, 2.24) is 0 Å². The lowest BCUT2D eigenvalue weighted by Gasteiger charge is -2.09. The lowest BCUT2D eigenvalue weighted by molar-refractivity contribution is -0.112. The molecule has 1 N–H and O–H groups in total. The van der Waals surface area contributed by atoms with Gasteiger partial charge in [0.2, 0.25) is 0 Å². The summed E-state index contributed by atoms with van der Waals surface area (Å²) in [7, 11) is 3.14. The van der Waals surface area contributed by atoms with Gasteiger partial charge in [-0.2, -0.15) is 0 Å². The largest absolute Gasteiger partial charge is 0.493 e. The Morgan fingerprint density at radius 3 is 2.12 bits per heavy atom. The van der Waals surface area contributed by atoms with E-state index in [1.807, 2.05) is 6.07 Å². The minimum atomic E-state index is -0.217. The first kappa shape index (κ1) is 18.3. The van der Waals surface area contributed by atoms with Crippen LogP contribution in [0.25, 0.3) is 6.08 Å². The molecule has 0 aromatic heterocycles. The van der Waals surface area contributed by atoms with Crippen LogP contribution in [0.4, 0.5) is 5.69 Å². The third kappa shape index (κ3) is 4.70. The van der Waals surface area contributed by atoms with Crippen molar-refractivity contribution in [3.05, 3.63) is 59.2 Å². The summed E-state index contributed by atoms with van der Waals surface area (Å²) in [5.41, 5.74) is 2.62. The van der Waals surface area contributed by atoms with Crippen molar-refractivity contribution in [2.24, 2.45) is 0 Å². The van der Waals surface area contributed by atoms with Gasteiger partial charge in [0.05, 0.1) is 14.2 Å². The summed E-state index contributed by atoms with van der Waals surface area (Å²) in [4.78, 5) is 23.6. The molecule has 2 aromatic carbocycles. The number of carbonyl (C=O) groups excluding carboxylic acids is 2. The maximum Gasteiger partial charge on any atom is 0.251 e. The number of carbonyl (C=O) groups is 2. The highest BCUT2D eigenvalue weighted by atomic mass is 16.5. The van der Waals surface area contributed by atoms with Gasteiger partial charge in [0, 0.05) is 16.8 Å². The molecule has 2 rings (SSSR count). The molecule has 0 aliphatic carbocycles. The van der Waals surface area contributed by atoms with Crippen LogP contribution < -0.4 is 14.8 Å². The molecule has 0 aliphatic rings. The molecule has 0 saturated carbocycles. The molecule has 5 heteroatoms. The van der Waals surface area contributed by atoms with Gasteiger partial charge in [-0.05, 0) is 61.9 Å². The van der Waals surface area contributed by atoms with Crippen LogP contribution in [-0.2, 0) is 4.79 Å². The minimum Gasteiger partial charge on any atom is -0.493 e. The van der Waals surface area contributed by atoms with Crippen LogP contribution in [0, 0.1) is 0 Å². The number of hydrogen-bond acceptors (Lipinski definition) is 4. The average Bonchev–Trinajstić information content (AvgIpc) is 2.61. The van der Waals surface area contributed by atoms with Gasteiger partial charge in [0.25, 0.3) is 5.91 Å². The van der Waals surface area contributed by atoms with E-state index < -0.39 is 0 Å². The molecule has 0 spiro atoms. The monoisotopic (exact) mass is 339 g/mol. The molecule has 0 unspecified atom stereocenters. The van der Waals surface area contributed by atoms with Crippen molar-refractivity contribution in [3.63, 3.8) is 0 Å². The van der Waals surface area contributed by atoms with Gasteiger partial charge in [0.15, 0.2) is 17.3 Å². The van der Waals surface area contributed by atoms with Crippen LogP contribution in [0.15, 0.2) is 48.0 Å². The van der Waals surface area contributed by atoms with Gasteiger partial charge in [-0.1, -0.05) is 6.07 Å². The van der Waals surface area contributed by atoms with E-state index in [0.29, 0.717) is 28.3 Å². The summed E-state index contributed by atoms with van der Waals surface area (Å²) in [6.07, 6.45) is 1.77. The second-order valence-electron chi connectivity index (χ2n) is 5.53. The number of rotatable bonds is 6. The highest BCUT2D eigenvalue weighted by Gasteiger charge is 2.08. The summed E-state index contributed by atoms with van der Waals surface area (Å²) >= 11 is 0. The fourth-order valence-electron chi connectivity index (χ4n) is 2.28. The summed E-state index contributed by atoms with van der Waals surface area (Å²) in [6, 6.07) is 12.2. The maximum atomic E-state index is 12.3. The predicted molar refractivity (Wildman–Crippen MR) is 98.3 cm³/mol. The summed E-state index contributed by atoms with van der Waals surface area (Å²) in [5, 5.41) is 2.80. The molecular formula is C20H21NO4. The smallest absolute Gasteiger partial charge is 0.251 e.